The number of hydrogen-bond donors (Lipinski definition) is 1. The van der Waals surface area contributed by atoms with E-state index in [4.69, 9.17) is 5.73 Å². The number of hydrogen-bond acceptors (Lipinski definition) is 3. The standard InChI is InChI=1S/C11H25N3O/c1-5-7-14(9-8-13(3)4)11(15)10(12)6-2/h10H,5-9,12H2,1-4H3. The molecule has 15 heavy (non-hydrogen) atoms. The lowest BCUT2D eigenvalue weighted by Crippen LogP contribution is -2.46. The molecule has 90 valence electrons. The number of nitrogens with zero attached hydrogens (tertiary/aromatic N) is 2. The van der Waals surface area contributed by atoms with Crippen LogP contribution in [0.25, 0.3) is 0 Å². The number of carbonyl (C=O) groups is 1. The Bertz CT molecular complexity index is 183. The maximum Gasteiger partial charge on any atom is 0.239 e. The summed E-state index contributed by atoms with van der Waals surface area (Å²) in [6.07, 6.45) is 1.69. The molecule has 0 rings (SSSR count). The maximum atomic E-state index is 11.9. The van der Waals surface area contributed by atoms with Gasteiger partial charge < -0.3 is 15.5 Å². The highest BCUT2D eigenvalue weighted by atomic mass is 16.2. The van der Waals surface area contributed by atoms with Gasteiger partial charge in [0.25, 0.3) is 0 Å². The SMILES string of the molecule is CCCN(CCN(C)C)C(=O)C(N)CC. The normalized spacial score (nSPS) is 12.9. The van der Waals surface area contributed by atoms with Crippen molar-refractivity contribution in [2.24, 2.45) is 5.73 Å². The van der Waals surface area contributed by atoms with Gasteiger partial charge in [-0.25, -0.2) is 0 Å². The zero-order valence-electron chi connectivity index (χ0n) is 10.5. The van der Waals surface area contributed by atoms with Crippen molar-refractivity contribution < 1.29 is 4.79 Å². The molecule has 0 aliphatic heterocycles. The van der Waals surface area contributed by atoms with Crippen LogP contribution in [0.3, 0.4) is 0 Å². The Morgan fingerprint density at radius 1 is 1.20 bits per heavy atom. The predicted octanol–water partition coefficient (Wildman–Crippen LogP) is 0.524. The van der Waals surface area contributed by atoms with Gasteiger partial charge in [-0.3, -0.25) is 4.79 Å². The van der Waals surface area contributed by atoms with Crippen LogP contribution in [0.15, 0.2) is 0 Å². The summed E-state index contributed by atoms with van der Waals surface area (Å²) in [6, 6.07) is -0.335. The van der Waals surface area contributed by atoms with Gasteiger partial charge in [0.1, 0.15) is 0 Å². The van der Waals surface area contributed by atoms with E-state index in [9.17, 15) is 4.79 Å². The highest BCUT2D eigenvalue weighted by Crippen LogP contribution is 1.99. The third-order valence-electron chi connectivity index (χ3n) is 2.38. The van der Waals surface area contributed by atoms with Gasteiger partial charge in [-0.2, -0.15) is 0 Å². The third-order valence-corrected chi connectivity index (χ3v) is 2.38. The van der Waals surface area contributed by atoms with Crippen molar-refractivity contribution in [3.63, 3.8) is 0 Å². The first-order chi connectivity index (χ1) is 7.02. The highest BCUT2D eigenvalue weighted by Gasteiger charge is 2.18. The van der Waals surface area contributed by atoms with Crippen LogP contribution in [-0.2, 0) is 4.79 Å². The minimum absolute atomic E-state index is 0.0844. The zero-order chi connectivity index (χ0) is 11.8. The first kappa shape index (κ1) is 14.4. The van der Waals surface area contributed by atoms with Crippen LogP contribution in [0.4, 0.5) is 0 Å². The first-order valence-corrected chi connectivity index (χ1v) is 5.72. The minimum Gasteiger partial charge on any atom is -0.340 e. The van der Waals surface area contributed by atoms with Gasteiger partial charge >= 0.3 is 0 Å². The van der Waals surface area contributed by atoms with Crippen LogP contribution >= 0.6 is 0 Å². The van der Waals surface area contributed by atoms with Gasteiger partial charge in [-0.05, 0) is 26.9 Å². The molecule has 1 amide bonds. The summed E-state index contributed by atoms with van der Waals surface area (Å²) in [5, 5.41) is 0. The Hall–Kier alpha value is -0.610. The Labute approximate surface area is 93.4 Å². The fourth-order valence-corrected chi connectivity index (χ4v) is 1.33. The van der Waals surface area contributed by atoms with Crippen LogP contribution < -0.4 is 5.73 Å². The highest BCUT2D eigenvalue weighted by molar-refractivity contribution is 5.81. The van der Waals surface area contributed by atoms with Crippen molar-refractivity contribution in [1.82, 2.24) is 9.80 Å². The Morgan fingerprint density at radius 2 is 1.80 bits per heavy atom. The molecule has 0 radical (unpaired) electrons. The largest absolute Gasteiger partial charge is 0.340 e. The van der Waals surface area contributed by atoms with Crippen LogP contribution in [0, 0.1) is 0 Å². The molecule has 0 saturated heterocycles. The van der Waals surface area contributed by atoms with E-state index in [0.717, 1.165) is 26.1 Å². The van der Waals surface area contributed by atoms with E-state index in [2.05, 4.69) is 11.8 Å². The lowest BCUT2D eigenvalue weighted by molar-refractivity contribution is -0.132. The molecule has 4 heteroatoms. The van der Waals surface area contributed by atoms with Crippen LogP contribution in [0.2, 0.25) is 0 Å². The molecule has 2 N–H and O–H groups in total. The summed E-state index contributed by atoms with van der Waals surface area (Å²) >= 11 is 0. The van der Waals surface area contributed by atoms with Crippen LogP contribution in [0.5, 0.6) is 0 Å². The topological polar surface area (TPSA) is 49.6 Å². The van der Waals surface area contributed by atoms with E-state index in [1.807, 2.05) is 25.9 Å². The molecule has 0 aliphatic carbocycles. The van der Waals surface area contributed by atoms with E-state index in [1.54, 1.807) is 0 Å². The van der Waals surface area contributed by atoms with E-state index in [0.29, 0.717) is 6.42 Å². The summed E-state index contributed by atoms with van der Waals surface area (Å²) < 4.78 is 0. The zero-order valence-corrected chi connectivity index (χ0v) is 10.5. The van der Waals surface area contributed by atoms with Gasteiger partial charge in [0.05, 0.1) is 6.04 Å². The number of amides is 1. The molecule has 0 spiro atoms. The van der Waals surface area contributed by atoms with Gasteiger partial charge in [0.15, 0.2) is 0 Å². The lowest BCUT2D eigenvalue weighted by Gasteiger charge is -2.26. The number of likely N-dealkylation sites (N-methyl/N-ethyl adjacent to an activating group) is 1. The van der Waals surface area contributed by atoms with E-state index < -0.39 is 0 Å². The van der Waals surface area contributed by atoms with E-state index in [-0.39, 0.29) is 11.9 Å². The van der Waals surface area contributed by atoms with Crippen LogP contribution in [-0.4, -0.2) is 55.5 Å². The number of nitrogens with two attached hydrogens (primary N) is 1. The molecule has 0 aromatic heterocycles. The fourth-order valence-electron chi connectivity index (χ4n) is 1.33. The summed E-state index contributed by atoms with van der Waals surface area (Å²) in [5.41, 5.74) is 5.75. The van der Waals surface area contributed by atoms with Gasteiger partial charge in [0.2, 0.25) is 5.91 Å². The molecule has 0 heterocycles. The second-order valence-corrected chi connectivity index (χ2v) is 4.14. The maximum absolute atomic E-state index is 11.9. The quantitative estimate of drug-likeness (QED) is 0.674. The monoisotopic (exact) mass is 215 g/mol. The van der Waals surface area contributed by atoms with Gasteiger partial charge in [-0.15, -0.1) is 0 Å². The molecular formula is C11H25N3O. The average Bonchev–Trinajstić information content (AvgIpc) is 2.21. The van der Waals surface area contributed by atoms with Gasteiger partial charge in [0, 0.05) is 19.6 Å². The molecule has 4 nitrogen and oxygen atoms in total. The van der Waals surface area contributed by atoms with Gasteiger partial charge in [-0.1, -0.05) is 13.8 Å². The van der Waals surface area contributed by atoms with Crippen molar-refractivity contribution in [3.8, 4) is 0 Å². The van der Waals surface area contributed by atoms with Crippen molar-refractivity contribution in [2.45, 2.75) is 32.7 Å². The molecule has 0 fully saturated rings. The van der Waals surface area contributed by atoms with E-state index in [1.165, 1.54) is 0 Å². The summed E-state index contributed by atoms with van der Waals surface area (Å²) in [7, 11) is 4.02. The van der Waals surface area contributed by atoms with Crippen molar-refractivity contribution in [1.29, 1.82) is 0 Å². The average molecular weight is 215 g/mol. The molecular weight excluding hydrogens is 190 g/mol. The van der Waals surface area contributed by atoms with Crippen molar-refractivity contribution >= 4 is 5.91 Å². The number of rotatable bonds is 7. The first-order valence-electron chi connectivity index (χ1n) is 5.72. The summed E-state index contributed by atoms with van der Waals surface area (Å²) in [6.45, 7) is 6.49. The smallest absolute Gasteiger partial charge is 0.239 e. The Kier molecular flexibility index (Phi) is 7.34. The van der Waals surface area contributed by atoms with Crippen molar-refractivity contribution in [3.05, 3.63) is 0 Å². The molecule has 0 aromatic rings. The molecule has 1 atom stereocenters. The minimum atomic E-state index is -0.335. The molecule has 0 aliphatic rings. The molecule has 0 saturated carbocycles. The third kappa shape index (κ3) is 5.74. The Balaban J connectivity index is 4.18. The second-order valence-electron chi connectivity index (χ2n) is 4.14. The fraction of sp³-hybridized carbons (Fsp3) is 0.909. The summed E-state index contributed by atoms with van der Waals surface area (Å²) in [4.78, 5) is 15.8. The Morgan fingerprint density at radius 3 is 2.20 bits per heavy atom. The lowest BCUT2D eigenvalue weighted by atomic mass is 10.2. The summed E-state index contributed by atoms with van der Waals surface area (Å²) in [5.74, 6) is 0.0844. The number of carbonyl (C=O) groups excluding carboxylic acids is 1. The molecule has 0 aromatic carbocycles. The predicted molar refractivity (Wildman–Crippen MR) is 63.7 cm³/mol. The van der Waals surface area contributed by atoms with Crippen LogP contribution in [0.1, 0.15) is 26.7 Å². The van der Waals surface area contributed by atoms with Crippen molar-refractivity contribution in [2.75, 3.05) is 33.7 Å². The second kappa shape index (κ2) is 7.65. The molecule has 0 bridgehead atoms. The molecule has 1 unspecified atom stereocenters. The van der Waals surface area contributed by atoms with E-state index >= 15 is 0 Å².